The van der Waals surface area contributed by atoms with Crippen molar-refractivity contribution >= 4 is 11.8 Å². The number of Topliss-reactive ketones (excluding diaryl/α,β-unsaturated/α-hetero) is 1. The van der Waals surface area contributed by atoms with Gasteiger partial charge in [0.05, 0.1) is 12.7 Å². The number of carbonyl (C=O) groups is 2. The smallest absolute Gasteiger partial charge is 0.372 e. The van der Waals surface area contributed by atoms with Crippen LogP contribution in [0.3, 0.4) is 0 Å². The molecule has 5 heteroatoms. The van der Waals surface area contributed by atoms with Crippen LogP contribution in [0.2, 0.25) is 0 Å². The Hall–Kier alpha value is -1.65. The zero-order chi connectivity index (χ0) is 10.6. The van der Waals surface area contributed by atoms with Gasteiger partial charge in [-0.2, -0.15) is 0 Å². The van der Waals surface area contributed by atoms with Crippen molar-refractivity contribution in [2.45, 2.75) is 26.3 Å². The largest absolute Gasteiger partial charge is 0.475 e. The molecule has 0 bridgehead atoms. The van der Waals surface area contributed by atoms with Crippen molar-refractivity contribution in [2.24, 2.45) is 0 Å². The molecule has 1 N–H and O–H groups in total. The summed E-state index contributed by atoms with van der Waals surface area (Å²) in [6.07, 6.45) is 3.96. The topological polar surface area (TPSA) is 72.2 Å². The Morgan fingerprint density at radius 1 is 1.57 bits per heavy atom. The van der Waals surface area contributed by atoms with E-state index >= 15 is 0 Å². The number of aromatic nitrogens is 2. The number of imidazole rings is 1. The summed E-state index contributed by atoms with van der Waals surface area (Å²) in [5.74, 6) is -2.20. The van der Waals surface area contributed by atoms with Crippen molar-refractivity contribution in [3.05, 3.63) is 18.2 Å². The molecular weight excluding hydrogens is 184 g/mol. The lowest BCUT2D eigenvalue weighted by Crippen LogP contribution is -2.17. The Morgan fingerprint density at radius 2 is 2.29 bits per heavy atom. The van der Waals surface area contributed by atoms with Crippen LogP contribution in [0.25, 0.3) is 0 Å². The number of carboxylic acid groups (broad SMARTS) is 1. The van der Waals surface area contributed by atoms with Crippen LogP contribution in [0.15, 0.2) is 12.5 Å². The van der Waals surface area contributed by atoms with Gasteiger partial charge in [-0.05, 0) is 6.42 Å². The Kier molecular flexibility index (Phi) is 3.39. The molecule has 0 aliphatic rings. The van der Waals surface area contributed by atoms with E-state index in [0.717, 1.165) is 13.0 Å². The fourth-order valence-corrected chi connectivity index (χ4v) is 1.18. The molecule has 0 aliphatic heterocycles. The lowest BCUT2D eigenvalue weighted by molar-refractivity contribution is -0.148. The Balaban J connectivity index is 2.71. The average Bonchev–Trinajstić information content (AvgIpc) is 2.53. The zero-order valence-corrected chi connectivity index (χ0v) is 7.93. The van der Waals surface area contributed by atoms with Crippen LogP contribution in [0.4, 0.5) is 0 Å². The number of aliphatic carboxylic acids is 1. The molecule has 14 heavy (non-hydrogen) atoms. The fourth-order valence-electron chi connectivity index (χ4n) is 1.18. The Bertz CT molecular complexity index is 344. The highest BCUT2D eigenvalue weighted by molar-refractivity contribution is 6.33. The number of hydrogen-bond acceptors (Lipinski definition) is 3. The molecule has 0 saturated heterocycles. The van der Waals surface area contributed by atoms with Gasteiger partial charge in [0.2, 0.25) is 5.78 Å². The van der Waals surface area contributed by atoms with Crippen molar-refractivity contribution in [2.75, 3.05) is 0 Å². The molecule has 0 spiro atoms. The molecule has 1 aromatic rings. The summed E-state index contributed by atoms with van der Waals surface area (Å²) >= 11 is 0. The third kappa shape index (κ3) is 2.42. The molecule has 0 saturated carbocycles. The molecule has 0 atom stereocenters. The monoisotopic (exact) mass is 196 g/mol. The van der Waals surface area contributed by atoms with Crippen LogP contribution in [0, 0.1) is 0 Å². The third-order valence-electron chi connectivity index (χ3n) is 1.84. The highest BCUT2D eigenvalue weighted by Gasteiger charge is 2.14. The number of nitrogens with zero attached hydrogens (tertiary/aromatic N) is 2. The van der Waals surface area contributed by atoms with E-state index in [4.69, 9.17) is 5.11 Å². The first-order valence-electron chi connectivity index (χ1n) is 4.40. The molecule has 0 aromatic carbocycles. The van der Waals surface area contributed by atoms with E-state index in [1.54, 1.807) is 10.9 Å². The molecule has 0 fully saturated rings. The molecule has 76 valence electrons. The third-order valence-corrected chi connectivity index (χ3v) is 1.84. The van der Waals surface area contributed by atoms with Gasteiger partial charge in [0.15, 0.2) is 0 Å². The van der Waals surface area contributed by atoms with Crippen molar-refractivity contribution < 1.29 is 14.7 Å². The fraction of sp³-hybridized carbons (Fsp3) is 0.444. The van der Waals surface area contributed by atoms with Gasteiger partial charge in [0.1, 0.15) is 0 Å². The number of carbonyl (C=O) groups excluding carboxylic acids is 1. The van der Waals surface area contributed by atoms with Gasteiger partial charge in [-0.25, -0.2) is 9.78 Å². The second kappa shape index (κ2) is 4.55. The van der Waals surface area contributed by atoms with Gasteiger partial charge in [-0.1, -0.05) is 6.92 Å². The SMILES string of the molecule is CCCn1cncc1CC(=O)C(=O)O. The number of aryl methyl sites for hydroxylation is 1. The first-order chi connectivity index (χ1) is 6.65. The first-order valence-corrected chi connectivity index (χ1v) is 4.40. The summed E-state index contributed by atoms with van der Waals surface area (Å²) in [6, 6.07) is 0. The Labute approximate surface area is 81.4 Å². The van der Waals surface area contributed by atoms with Crippen LogP contribution in [0.5, 0.6) is 0 Å². The zero-order valence-electron chi connectivity index (χ0n) is 7.93. The molecule has 0 aliphatic carbocycles. The molecule has 0 amide bonds. The number of carboxylic acids is 1. The summed E-state index contributed by atoms with van der Waals surface area (Å²) in [5.41, 5.74) is 0.652. The second-order valence-corrected chi connectivity index (χ2v) is 2.98. The standard InChI is InChI=1S/C9H12N2O3/c1-2-3-11-6-10-5-7(11)4-8(12)9(13)14/h5-6H,2-4H2,1H3,(H,13,14). The molecule has 1 heterocycles. The average molecular weight is 196 g/mol. The van der Waals surface area contributed by atoms with Crippen molar-refractivity contribution in [3.8, 4) is 0 Å². The maximum absolute atomic E-state index is 10.9. The molecule has 0 radical (unpaired) electrons. The van der Waals surface area contributed by atoms with E-state index in [1.165, 1.54) is 6.20 Å². The number of ketones is 1. The molecule has 0 unspecified atom stereocenters. The van der Waals surface area contributed by atoms with Gasteiger partial charge in [-0.3, -0.25) is 4.79 Å². The predicted octanol–water partition coefficient (Wildman–Crippen LogP) is 0.489. The minimum absolute atomic E-state index is 0.0880. The molecule has 1 aromatic heterocycles. The van der Waals surface area contributed by atoms with E-state index in [2.05, 4.69) is 4.98 Å². The summed E-state index contributed by atoms with van der Waals surface area (Å²) in [4.78, 5) is 25.1. The van der Waals surface area contributed by atoms with Gasteiger partial charge < -0.3 is 9.67 Å². The minimum atomic E-state index is -1.39. The van der Waals surface area contributed by atoms with Crippen LogP contribution in [-0.2, 0) is 22.6 Å². The van der Waals surface area contributed by atoms with Gasteiger partial charge in [-0.15, -0.1) is 0 Å². The second-order valence-electron chi connectivity index (χ2n) is 2.98. The van der Waals surface area contributed by atoms with Gasteiger partial charge >= 0.3 is 5.97 Å². The van der Waals surface area contributed by atoms with Crippen LogP contribution in [0.1, 0.15) is 19.0 Å². The van der Waals surface area contributed by atoms with Crippen molar-refractivity contribution in [3.63, 3.8) is 0 Å². The predicted molar refractivity (Wildman–Crippen MR) is 48.9 cm³/mol. The highest BCUT2D eigenvalue weighted by atomic mass is 16.4. The van der Waals surface area contributed by atoms with Crippen molar-refractivity contribution in [1.82, 2.24) is 9.55 Å². The Morgan fingerprint density at radius 3 is 2.86 bits per heavy atom. The van der Waals surface area contributed by atoms with E-state index in [-0.39, 0.29) is 6.42 Å². The molecule has 5 nitrogen and oxygen atoms in total. The van der Waals surface area contributed by atoms with E-state index in [0.29, 0.717) is 5.69 Å². The van der Waals surface area contributed by atoms with Gasteiger partial charge in [0, 0.05) is 18.4 Å². The maximum Gasteiger partial charge on any atom is 0.372 e. The minimum Gasteiger partial charge on any atom is -0.475 e. The van der Waals surface area contributed by atoms with E-state index < -0.39 is 11.8 Å². The molecule has 1 rings (SSSR count). The van der Waals surface area contributed by atoms with Gasteiger partial charge in [0.25, 0.3) is 0 Å². The van der Waals surface area contributed by atoms with Crippen LogP contribution < -0.4 is 0 Å². The maximum atomic E-state index is 10.9. The van der Waals surface area contributed by atoms with Crippen molar-refractivity contribution in [1.29, 1.82) is 0 Å². The summed E-state index contributed by atoms with van der Waals surface area (Å²) in [7, 11) is 0. The quantitative estimate of drug-likeness (QED) is 0.695. The van der Waals surface area contributed by atoms with E-state index in [9.17, 15) is 9.59 Å². The molecular formula is C9H12N2O3. The first kappa shape index (κ1) is 10.4. The highest BCUT2D eigenvalue weighted by Crippen LogP contribution is 2.02. The van der Waals surface area contributed by atoms with E-state index in [1.807, 2.05) is 6.92 Å². The normalized spacial score (nSPS) is 10.1. The lowest BCUT2D eigenvalue weighted by atomic mass is 10.2. The summed E-state index contributed by atoms with van der Waals surface area (Å²) in [5, 5.41) is 8.42. The summed E-state index contributed by atoms with van der Waals surface area (Å²) < 4.78 is 1.79. The number of rotatable bonds is 5. The number of hydrogen-bond donors (Lipinski definition) is 1. The van der Waals surface area contributed by atoms with Crippen LogP contribution >= 0.6 is 0 Å². The summed E-state index contributed by atoms with van der Waals surface area (Å²) in [6.45, 7) is 2.75. The van der Waals surface area contributed by atoms with Crippen LogP contribution in [-0.4, -0.2) is 26.4 Å². The lowest BCUT2D eigenvalue weighted by Gasteiger charge is -2.03.